The highest BCUT2D eigenvalue weighted by atomic mass is 32.1. The van der Waals surface area contributed by atoms with Gasteiger partial charge in [0.05, 0.1) is 0 Å². The molecule has 0 saturated carbocycles. The Morgan fingerprint density at radius 1 is 0.267 bits per heavy atom. The number of rotatable bonds is 8. The van der Waals surface area contributed by atoms with Gasteiger partial charge in [0.15, 0.2) is 0 Å². The van der Waals surface area contributed by atoms with Crippen molar-refractivity contribution in [2.24, 2.45) is 0 Å². The molecule has 11 rings (SSSR count). The lowest BCUT2D eigenvalue weighted by Crippen LogP contribution is -2.10. The number of nitrogens with zero attached hydrogens (tertiary/aromatic N) is 1. The van der Waals surface area contributed by atoms with E-state index in [1.54, 1.807) is 0 Å². The molecule has 0 unspecified atom stereocenters. The first-order valence-corrected chi connectivity index (χ1v) is 21.3. The normalized spacial score (nSPS) is 11.3. The lowest BCUT2D eigenvalue weighted by Gasteiger charge is -2.26. The van der Waals surface area contributed by atoms with Crippen molar-refractivity contribution in [3.63, 3.8) is 0 Å². The third-order valence-electron chi connectivity index (χ3n) is 11.7. The number of hydrogen-bond donors (Lipinski definition) is 0. The molecule has 1 nitrogen and oxygen atoms in total. The van der Waals surface area contributed by atoms with Crippen LogP contribution in [0, 0.1) is 0 Å². The minimum absolute atomic E-state index is 1.10. The molecule has 0 amide bonds. The SMILES string of the molecule is c1ccc(-c2ccc(-c3ccc(N(c4ccc(-c5cccc6sc7ccccc7c56)cc4)c4cccc(-c5cccc(-c6cccc7ccccc67)c5)c4)cc3)cc2)cc1. The van der Waals surface area contributed by atoms with E-state index in [0.717, 1.165) is 17.1 Å². The van der Waals surface area contributed by atoms with E-state index in [2.05, 4.69) is 241 Å². The van der Waals surface area contributed by atoms with Gasteiger partial charge in [0.25, 0.3) is 0 Å². The highest BCUT2D eigenvalue weighted by Crippen LogP contribution is 2.43. The van der Waals surface area contributed by atoms with E-state index >= 15 is 0 Å². The molecule has 1 heterocycles. The Bertz CT molecular complexity index is 3280. The summed E-state index contributed by atoms with van der Waals surface area (Å²) in [6.07, 6.45) is 0. The summed E-state index contributed by atoms with van der Waals surface area (Å²) in [5, 5.41) is 5.16. The maximum atomic E-state index is 2.38. The van der Waals surface area contributed by atoms with Crippen molar-refractivity contribution in [3.05, 3.63) is 237 Å². The highest BCUT2D eigenvalue weighted by molar-refractivity contribution is 7.25. The van der Waals surface area contributed by atoms with Crippen molar-refractivity contribution in [1.29, 1.82) is 0 Å². The lowest BCUT2D eigenvalue weighted by atomic mass is 9.95. The van der Waals surface area contributed by atoms with Gasteiger partial charge >= 0.3 is 0 Å². The topological polar surface area (TPSA) is 3.24 Å². The first-order chi connectivity index (χ1) is 29.7. The first-order valence-electron chi connectivity index (χ1n) is 20.5. The Labute approximate surface area is 354 Å². The first kappa shape index (κ1) is 35.6. The average Bonchev–Trinajstić information content (AvgIpc) is 3.72. The third-order valence-corrected chi connectivity index (χ3v) is 12.8. The molecule has 0 atom stereocenters. The zero-order valence-electron chi connectivity index (χ0n) is 32.9. The van der Waals surface area contributed by atoms with Gasteiger partial charge < -0.3 is 4.90 Å². The maximum absolute atomic E-state index is 2.38. The van der Waals surface area contributed by atoms with Gasteiger partial charge in [-0.3, -0.25) is 0 Å². The fraction of sp³-hybridized carbons (Fsp3) is 0. The van der Waals surface area contributed by atoms with Gasteiger partial charge in [0.1, 0.15) is 0 Å². The number of benzene rings is 10. The van der Waals surface area contributed by atoms with Crippen LogP contribution in [-0.4, -0.2) is 0 Å². The Balaban J connectivity index is 0.984. The molecule has 2 heteroatoms. The Morgan fingerprint density at radius 3 is 1.50 bits per heavy atom. The molecule has 0 saturated heterocycles. The number of thiophene rings is 1. The van der Waals surface area contributed by atoms with Crippen LogP contribution < -0.4 is 4.90 Å². The molecule has 0 aliphatic heterocycles. The summed E-state index contributed by atoms with van der Waals surface area (Å²) in [6, 6.07) is 86.1. The zero-order chi connectivity index (χ0) is 39.8. The zero-order valence-corrected chi connectivity index (χ0v) is 33.7. The van der Waals surface area contributed by atoms with Crippen molar-refractivity contribution in [2.75, 3.05) is 4.90 Å². The summed E-state index contributed by atoms with van der Waals surface area (Å²) in [7, 11) is 0. The molecule has 60 heavy (non-hydrogen) atoms. The molecule has 0 N–H and O–H groups in total. The second-order valence-corrected chi connectivity index (χ2v) is 16.4. The summed E-state index contributed by atoms with van der Waals surface area (Å²) >= 11 is 1.86. The maximum Gasteiger partial charge on any atom is 0.0467 e. The molecule has 282 valence electrons. The van der Waals surface area contributed by atoms with Crippen LogP contribution in [0.1, 0.15) is 0 Å². The fourth-order valence-electron chi connectivity index (χ4n) is 8.71. The van der Waals surface area contributed by atoms with Gasteiger partial charge in [-0.25, -0.2) is 0 Å². The van der Waals surface area contributed by atoms with Crippen molar-refractivity contribution in [3.8, 4) is 55.6 Å². The summed E-state index contributed by atoms with van der Waals surface area (Å²) < 4.78 is 2.64. The molecule has 0 aliphatic carbocycles. The molecule has 0 spiro atoms. The number of anilines is 3. The molecular formula is C58H39NS. The van der Waals surface area contributed by atoms with E-state index < -0.39 is 0 Å². The minimum Gasteiger partial charge on any atom is -0.310 e. The van der Waals surface area contributed by atoms with Crippen LogP contribution in [0.2, 0.25) is 0 Å². The van der Waals surface area contributed by atoms with Crippen LogP contribution in [0.4, 0.5) is 17.1 Å². The van der Waals surface area contributed by atoms with Crippen molar-refractivity contribution in [1.82, 2.24) is 0 Å². The smallest absolute Gasteiger partial charge is 0.0467 e. The van der Waals surface area contributed by atoms with E-state index in [1.807, 2.05) is 11.3 Å². The van der Waals surface area contributed by atoms with Crippen molar-refractivity contribution < 1.29 is 0 Å². The molecule has 10 aromatic carbocycles. The van der Waals surface area contributed by atoms with Gasteiger partial charge in [0, 0.05) is 37.2 Å². The Hall–Kier alpha value is -7.52. The minimum atomic E-state index is 1.10. The fourth-order valence-corrected chi connectivity index (χ4v) is 9.84. The molecular weight excluding hydrogens is 743 g/mol. The van der Waals surface area contributed by atoms with Crippen LogP contribution >= 0.6 is 11.3 Å². The molecule has 0 aliphatic rings. The second-order valence-electron chi connectivity index (χ2n) is 15.3. The van der Waals surface area contributed by atoms with E-state index in [9.17, 15) is 0 Å². The van der Waals surface area contributed by atoms with Crippen molar-refractivity contribution in [2.45, 2.75) is 0 Å². The predicted molar refractivity (Wildman–Crippen MR) is 259 cm³/mol. The Kier molecular flexibility index (Phi) is 9.11. The van der Waals surface area contributed by atoms with E-state index in [4.69, 9.17) is 0 Å². The summed E-state index contributed by atoms with van der Waals surface area (Å²) in [5.41, 5.74) is 15.4. The van der Waals surface area contributed by atoms with Gasteiger partial charge in [0.2, 0.25) is 0 Å². The molecule has 11 aromatic rings. The average molecular weight is 782 g/mol. The molecule has 0 bridgehead atoms. The molecule has 0 fully saturated rings. The van der Waals surface area contributed by atoms with E-state index in [-0.39, 0.29) is 0 Å². The lowest BCUT2D eigenvalue weighted by molar-refractivity contribution is 1.28. The standard InChI is InChI=1S/C58H39NS/c1-2-12-40(13-3-1)41-26-28-42(29-27-41)43-30-34-49(35-31-43)59(50-36-32-45(33-37-50)54-23-11-25-57-58(54)55-21-6-7-24-56(55)60-57)51-19-9-17-47(39-51)46-16-8-18-48(38-46)53-22-10-15-44-14-4-5-20-52(44)53/h1-39H. The largest absolute Gasteiger partial charge is 0.310 e. The monoisotopic (exact) mass is 781 g/mol. The second kappa shape index (κ2) is 15.3. The quantitative estimate of drug-likeness (QED) is 0.148. The van der Waals surface area contributed by atoms with Gasteiger partial charge in [-0.15, -0.1) is 11.3 Å². The van der Waals surface area contributed by atoms with Crippen LogP contribution in [0.25, 0.3) is 86.6 Å². The molecule has 1 aromatic heterocycles. The third kappa shape index (κ3) is 6.63. The Morgan fingerprint density at radius 2 is 0.750 bits per heavy atom. The van der Waals surface area contributed by atoms with Gasteiger partial charge in [-0.2, -0.15) is 0 Å². The van der Waals surface area contributed by atoms with Crippen molar-refractivity contribution >= 4 is 59.3 Å². The predicted octanol–water partition coefficient (Wildman–Crippen LogP) is 17.0. The van der Waals surface area contributed by atoms with Crippen LogP contribution in [0.5, 0.6) is 0 Å². The summed E-state index contributed by atoms with van der Waals surface area (Å²) in [5.74, 6) is 0. The van der Waals surface area contributed by atoms with Gasteiger partial charge in [-0.1, -0.05) is 182 Å². The summed E-state index contributed by atoms with van der Waals surface area (Å²) in [4.78, 5) is 2.38. The van der Waals surface area contributed by atoms with E-state index in [0.29, 0.717) is 0 Å². The van der Waals surface area contributed by atoms with Gasteiger partial charge in [-0.05, 0) is 121 Å². The molecule has 0 radical (unpaired) electrons. The van der Waals surface area contributed by atoms with Crippen LogP contribution in [-0.2, 0) is 0 Å². The highest BCUT2D eigenvalue weighted by Gasteiger charge is 2.16. The number of hydrogen-bond acceptors (Lipinski definition) is 2. The van der Waals surface area contributed by atoms with E-state index in [1.165, 1.54) is 86.6 Å². The number of fused-ring (bicyclic) bond motifs is 4. The van der Waals surface area contributed by atoms with Crippen LogP contribution in [0.15, 0.2) is 237 Å². The van der Waals surface area contributed by atoms with Crippen LogP contribution in [0.3, 0.4) is 0 Å². The summed E-state index contributed by atoms with van der Waals surface area (Å²) in [6.45, 7) is 0.